The average Bonchev–Trinajstić information content (AvgIpc) is 3.17. The van der Waals surface area contributed by atoms with E-state index in [1.54, 1.807) is 17.6 Å². The summed E-state index contributed by atoms with van der Waals surface area (Å²) in [6.07, 6.45) is 4.09. The average molecular weight is 451 g/mol. The number of rotatable bonds is 5. The minimum atomic E-state index is -4.03. The minimum Gasteiger partial charge on any atom is -0.355 e. The zero-order valence-corrected chi connectivity index (χ0v) is 17.4. The normalized spacial score (nSPS) is 14.7. The maximum atomic E-state index is 13.8. The molecule has 30 heavy (non-hydrogen) atoms. The van der Waals surface area contributed by atoms with Crippen LogP contribution in [0.4, 0.5) is 15.9 Å². The Labute approximate surface area is 176 Å². The number of halogens is 1. The summed E-state index contributed by atoms with van der Waals surface area (Å²) in [5.41, 5.74) is 1.64. The Balaban J connectivity index is 1.67. The summed E-state index contributed by atoms with van der Waals surface area (Å²) < 4.78 is 42.8. The Kier molecular flexibility index (Phi) is 5.58. The van der Waals surface area contributed by atoms with Crippen molar-refractivity contribution in [2.75, 3.05) is 22.7 Å². The van der Waals surface area contributed by atoms with Crippen LogP contribution in [0.15, 0.2) is 41.4 Å². The number of piperidine rings is 1. The van der Waals surface area contributed by atoms with Gasteiger partial charge in [0.1, 0.15) is 5.82 Å². The summed E-state index contributed by atoms with van der Waals surface area (Å²) in [5.74, 6) is -0.906. The molecule has 1 aliphatic rings. The third-order valence-corrected chi connectivity index (χ3v) is 7.32. The van der Waals surface area contributed by atoms with Crippen LogP contribution in [0, 0.1) is 5.82 Å². The monoisotopic (exact) mass is 450 g/mol. The molecule has 1 amide bonds. The number of nitrogens with one attached hydrogen (secondary N) is 2. The summed E-state index contributed by atoms with van der Waals surface area (Å²) in [7, 11) is -4.03. The number of aromatic nitrogens is 1. The number of fused-ring (bicyclic) bond motifs is 1. The van der Waals surface area contributed by atoms with Gasteiger partial charge in [0.25, 0.3) is 15.9 Å². The number of nitrogens with zero attached hydrogens (tertiary/aromatic N) is 2. The molecule has 0 bridgehead atoms. The molecule has 0 aliphatic carbocycles. The van der Waals surface area contributed by atoms with Crippen LogP contribution < -0.4 is 15.1 Å². The molecule has 0 unspecified atom stereocenters. The molecule has 2 aromatic heterocycles. The maximum absolute atomic E-state index is 13.8. The number of thiophene rings is 1. The molecule has 0 spiro atoms. The van der Waals surface area contributed by atoms with Gasteiger partial charge in [0.05, 0.1) is 21.7 Å². The van der Waals surface area contributed by atoms with Gasteiger partial charge in [0.15, 0.2) is 5.82 Å². The lowest BCUT2D eigenvalue weighted by Gasteiger charge is -2.29. The highest BCUT2D eigenvalue weighted by atomic mass is 32.2. The van der Waals surface area contributed by atoms with E-state index in [9.17, 15) is 17.6 Å². The quantitative estimate of drug-likeness (QED) is 0.406. The molecule has 3 N–H and O–H groups in total. The van der Waals surface area contributed by atoms with E-state index in [0.29, 0.717) is 15.9 Å². The summed E-state index contributed by atoms with van der Waals surface area (Å²) in [5, 5.41) is 9.44. The molecular weight excluding hydrogens is 431 g/mol. The number of anilines is 2. The van der Waals surface area contributed by atoms with Gasteiger partial charge in [0.2, 0.25) is 0 Å². The van der Waals surface area contributed by atoms with Crippen LogP contribution in [-0.2, 0) is 10.0 Å². The first kappa shape index (κ1) is 20.5. The van der Waals surface area contributed by atoms with E-state index in [1.165, 1.54) is 12.1 Å². The van der Waals surface area contributed by atoms with E-state index >= 15 is 0 Å². The number of carbonyl (C=O) groups excluding carboxylic acids is 1. The predicted octanol–water partition coefficient (Wildman–Crippen LogP) is 3.35. The molecule has 158 valence electrons. The van der Waals surface area contributed by atoms with Crippen LogP contribution in [-0.4, -0.2) is 37.6 Å². The van der Waals surface area contributed by atoms with E-state index in [-0.39, 0.29) is 15.5 Å². The largest absolute Gasteiger partial charge is 0.355 e. The van der Waals surface area contributed by atoms with Crippen LogP contribution in [0.5, 0.6) is 0 Å². The van der Waals surface area contributed by atoms with E-state index in [2.05, 4.69) is 9.71 Å². The van der Waals surface area contributed by atoms with Gasteiger partial charge in [0, 0.05) is 23.9 Å². The second kappa shape index (κ2) is 8.17. The van der Waals surface area contributed by atoms with Gasteiger partial charge < -0.3 is 4.90 Å². The Morgan fingerprint density at radius 3 is 2.67 bits per heavy atom. The van der Waals surface area contributed by atoms with E-state index in [4.69, 9.17) is 5.21 Å². The lowest BCUT2D eigenvalue weighted by Crippen LogP contribution is -2.31. The van der Waals surface area contributed by atoms with Crippen molar-refractivity contribution in [2.45, 2.75) is 24.2 Å². The van der Waals surface area contributed by atoms with E-state index in [1.807, 2.05) is 4.90 Å². The fraction of sp³-hybridized carbons (Fsp3) is 0.263. The zero-order valence-electron chi connectivity index (χ0n) is 15.8. The molecule has 8 nitrogen and oxygen atoms in total. The SMILES string of the molecule is O=C(NO)c1cc2ccc(S(=O)(=O)Nc3cc(F)cnc3N3CCCCC3)cc2s1. The molecule has 4 rings (SSSR count). The number of carbonyl (C=O) groups is 1. The number of sulfonamides is 1. The fourth-order valence-corrected chi connectivity index (χ4v) is 5.56. The fourth-order valence-electron chi connectivity index (χ4n) is 3.41. The van der Waals surface area contributed by atoms with E-state index in [0.717, 1.165) is 56.0 Å². The van der Waals surface area contributed by atoms with Crippen LogP contribution >= 0.6 is 11.3 Å². The van der Waals surface area contributed by atoms with Crippen molar-refractivity contribution >= 4 is 48.9 Å². The predicted molar refractivity (Wildman–Crippen MR) is 112 cm³/mol. The van der Waals surface area contributed by atoms with Gasteiger partial charge in [-0.3, -0.25) is 14.7 Å². The van der Waals surface area contributed by atoms with Crippen molar-refractivity contribution in [3.05, 3.63) is 47.2 Å². The number of amides is 1. The molecule has 0 saturated carbocycles. The first-order chi connectivity index (χ1) is 14.4. The van der Waals surface area contributed by atoms with Crippen LogP contribution in [0.1, 0.15) is 28.9 Å². The molecule has 11 heteroatoms. The lowest BCUT2D eigenvalue weighted by atomic mass is 10.1. The molecule has 1 saturated heterocycles. The molecular formula is C19H19FN4O4S2. The molecule has 0 radical (unpaired) electrons. The second-order valence-electron chi connectivity index (χ2n) is 6.93. The first-order valence-corrected chi connectivity index (χ1v) is 11.6. The summed E-state index contributed by atoms with van der Waals surface area (Å²) >= 11 is 1.05. The minimum absolute atomic E-state index is 0.0262. The number of hydrogen-bond donors (Lipinski definition) is 3. The van der Waals surface area contributed by atoms with Crippen molar-refractivity contribution in [1.82, 2.24) is 10.5 Å². The van der Waals surface area contributed by atoms with Crippen LogP contribution in [0.3, 0.4) is 0 Å². The summed E-state index contributed by atoms with van der Waals surface area (Å²) in [6, 6.07) is 7.10. The summed E-state index contributed by atoms with van der Waals surface area (Å²) in [4.78, 5) is 17.9. The van der Waals surface area contributed by atoms with Crippen molar-refractivity contribution in [3.63, 3.8) is 0 Å². The molecule has 1 fully saturated rings. The number of hydroxylamine groups is 1. The van der Waals surface area contributed by atoms with Crippen molar-refractivity contribution in [1.29, 1.82) is 0 Å². The third kappa shape index (κ3) is 4.09. The number of benzene rings is 1. The van der Waals surface area contributed by atoms with Gasteiger partial charge in [-0.2, -0.15) is 0 Å². The van der Waals surface area contributed by atoms with Crippen molar-refractivity contribution in [3.8, 4) is 0 Å². The highest BCUT2D eigenvalue weighted by Crippen LogP contribution is 2.31. The van der Waals surface area contributed by atoms with E-state index < -0.39 is 21.7 Å². The molecule has 3 aromatic rings. The topological polar surface area (TPSA) is 112 Å². The summed E-state index contributed by atoms with van der Waals surface area (Å²) in [6.45, 7) is 1.45. The van der Waals surface area contributed by atoms with Gasteiger partial charge in [-0.05, 0) is 42.8 Å². The second-order valence-corrected chi connectivity index (χ2v) is 9.70. The van der Waals surface area contributed by atoms with Gasteiger partial charge in [-0.15, -0.1) is 11.3 Å². The van der Waals surface area contributed by atoms with Gasteiger partial charge >= 0.3 is 0 Å². The maximum Gasteiger partial charge on any atom is 0.284 e. The van der Waals surface area contributed by atoms with Gasteiger partial charge in [-0.1, -0.05) is 6.07 Å². The zero-order chi connectivity index (χ0) is 21.3. The Hall–Kier alpha value is -2.76. The van der Waals surface area contributed by atoms with Crippen LogP contribution in [0.2, 0.25) is 0 Å². The molecule has 1 aromatic carbocycles. The first-order valence-electron chi connectivity index (χ1n) is 9.29. The molecule has 1 aliphatic heterocycles. The van der Waals surface area contributed by atoms with Crippen molar-refractivity contribution in [2.24, 2.45) is 0 Å². The Bertz CT molecular complexity index is 1210. The van der Waals surface area contributed by atoms with Gasteiger partial charge in [-0.25, -0.2) is 23.3 Å². The molecule has 0 atom stereocenters. The number of pyridine rings is 1. The lowest BCUT2D eigenvalue weighted by molar-refractivity contribution is 0.0711. The highest BCUT2D eigenvalue weighted by molar-refractivity contribution is 7.92. The van der Waals surface area contributed by atoms with Crippen LogP contribution in [0.25, 0.3) is 10.1 Å². The Morgan fingerprint density at radius 2 is 1.93 bits per heavy atom. The molecule has 3 heterocycles. The smallest absolute Gasteiger partial charge is 0.284 e. The third-order valence-electron chi connectivity index (χ3n) is 4.86. The standard InChI is InChI=1S/C19H19FN4O4S2/c20-13-9-15(18(21-11-13)24-6-2-1-3-7-24)23-30(27,28)14-5-4-12-8-17(19(25)22-26)29-16(12)10-14/h4-5,8-11,23,26H,1-3,6-7H2,(H,22,25). The van der Waals surface area contributed by atoms with Crippen molar-refractivity contribution < 1.29 is 22.8 Å². The highest BCUT2D eigenvalue weighted by Gasteiger charge is 2.22. The number of hydrogen-bond acceptors (Lipinski definition) is 7. The Morgan fingerprint density at radius 1 is 1.17 bits per heavy atom.